The van der Waals surface area contributed by atoms with Gasteiger partial charge in [-0.15, -0.1) is 0 Å². The maximum absolute atomic E-state index is 9.25. The Morgan fingerprint density at radius 1 is 1.67 bits per heavy atom. The summed E-state index contributed by atoms with van der Waals surface area (Å²) in [5.74, 6) is 0.539. The molecule has 52 valence electrons. The van der Waals surface area contributed by atoms with Crippen LogP contribution in [-0.4, -0.2) is 22.9 Å². The first-order valence-electron chi connectivity index (χ1n) is 3.50. The molecule has 0 aromatic heterocycles. The van der Waals surface area contributed by atoms with Crippen molar-refractivity contribution in [1.82, 2.24) is 0 Å². The van der Waals surface area contributed by atoms with E-state index in [0.29, 0.717) is 5.92 Å². The minimum absolute atomic E-state index is 0.0411. The van der Waals surface area contributed by atoms with Crippen molar-refractivity contribution in [2.45, 2.75) is 38.1 Å². The average Bonchev–Trinajstić information content (AvgIpc) is 2.38. The van der Waals surface area contributed by atoms with E-state index in [9.17, 15) is 5.11 Å². The Morgan fingerprint density at radius 3 is 2.44 bits per heavy atom. The largest absolute Gasteiger partial charge is 0.390 e. The Hall–Kier alpha value is -0.0800. The third-order valence-corrected chi connectivity index (χ3v) is 2.81. The molecule has 1 heterocycles. The lowest BCUT2D eigenvalue weighted by atomic mass is 10.00. The van der Waals surface area contributed by atoms with Gasteiger partial charge in [0.15, 0.2) is 0 Å². The summed E-state index contributed by atoms with van der Waals surface area (Å²) in [7, 11) is 0. The number of fused-ring (bicyclic) bond motifs is 1. The lowest BCUT2D eigenvalue weighted by Gasteiger charge is -2.09. The molecule has 2 aliphatic rings. The highest BCUT2D eigenvalue weighted by Gasteiger charge is 2.64. The normalized spacial score (nSPS) is 63.7. The minimum atomic E-state index is -0.190. The maximum Gasteiger partial charge on any atom is 0.113 e. The topological polar surface area (TPSA) is 32.8 Å². The summed E-state index contributed by atoms with van der Waals surface area (Å²) in [4.78, 5) is 0. The van der Waals surface area contributed by atoms with Crippen LogP contribution in [-0.2, 0) is 4.74 Å². The van der Waals surface area contributed by atoms with E-state index in [2.05, 4.69) is 13.8 Å². The van der Waals surface area contributed by atoms with Crippen molar-refractivity contribution < 1.29 is 9.84 Å². The van der Waals surface area contributed by atoms with Crippen molar-refractivity contribution in [3.8, 4) is 0 Å². The zero-order chi connectivity index (χ0) is 6.65. The third-order valence-electron chi connectivity index (χ3n) is 2.81. The van der Waals surface area contributed by atoms with Gasteiger partial charge < -0.3 is 9.84 Å². The predicted molar refractivity (Wildman–Crippen MR) is 33.1 cm³/mol. The summed E-state index contributed by atoms with van der Waals surface area (Å²) in [5, 5.41) is 9.25. The van der Waals surface area contributed by atoms with Crippen LogP contribution in [0.2, 0.25) is 0 Å². The molecule has 2 fully saturated rings. The number of hydrogen-bond acceptors (Lipinski definition) is 2. The number of epoxide rings is 1. The Morgan fingerprint density at radius 2 is 2.33 bits per heavy atom. The predicted octanol–water partition coefficient (Wildman–Crippen LogP) is 0.545. The molecule has 1 N–H and O–H groups in total. The second kappa shape index (κ2) is 1.32. The average molecular weight is 128 g/mol. The molecule has 1 aliphatic carbocycles. The van der Waals surface area contributed by atoms with Crippen LogP contribution >= 0.6 is 0 Å². The summed E-state index contributed by atoms with van der Waals surface area (Å²) < 4.78 is 5.31. The second-order valence-electron chi connectivity index (χ2n) is 3.43. The van der Waals surface area contributed by atoms with Crippen LogP contribution in [0.15, 0.2) is 0 Å². The van der Waals surface area contributed by atoms with Gasteiger partial charge in [-0.05, 0) is 19.3 Å². The first-order valence-corrected chi connectivity index (χ1v) is 3.50. The fourth-order valence-corrected chi connectivity index (χ4v) is 1.82. The minimum Gasteiger partial charge on any atom is -0.390 e. The molecule has 1 aliphatic heterocycles. The molecule has 1 saturated carbocycles. The van der Waals surface area contributed by atoms with Gasteiger partial charge in [0.05, 0.1) is 11.7 Å². The van der Waals surface area contributed by atoms with Crippen LogP contribution in [0.1, 0.15) is 20.3 Å². The molecular formula is C7H12O2. The van der Waals surface area contributed by atoms with Crippen LogP contribution in [0, 0.1) is 5.92 Å². The van der Waals surface area contributed by atoms with Crippen molar-refractivity contribution >= 4 is 0 Å². The maximum atomic E-state index is 9.25. The van der Waals surface area contributed by atoms with E-state index in [0.717, 1.165) is 6.42 Å². The van der Waals surface area contributed by atoms with Crippen LogP contribution in [0.4, 0.5) is 0 Å². The van der Waals surface area contributed by atoms with Gasteiger partial charge in [-0.3, -0.25) is 0 Å². The third kappa shape index (κ3) is 0.528. The Labute approximate surface area is 54.8 Å². The SMILES string of the molecule is CC1CC(O)C2OC12C. The first-order chi connectivity index (χ1) is 4.14. The van der Waals surface area contributed by atoms with Crippen LogP contribution < -0.4 is 0 Å². The highest BCUT2D eigenvalue weighted by atomic mass is 16.6. The van der Waals surface area contributed by atoms with Gasteiger partial charge in [0.1, 0.15) is 6.10 Å². The zero-order valence-electron chi connectivity index (χ0n) is 5.79. The van der Waals surface area contributed by atoms with Gasteiger partial charge in [-0.2, -0.15) is 0 Å². The fourth-order valence-electron chi connectivity index (χ4n) is 1.82. The molecule has 0 amide bonds. The molecule has 2 heteroatoms. The number of aliphatic hydroxyl groups is 1. The summed E-state index contributed by atoms with van der Waals surface area (Å²) in [5.41, 5.74) is 0.0411. The quantitative estimate of drug-likeness (QED) is 0.483. The summed E-state index contributed by atoms with van der Waals surface area (Å²) in [6.07, 6.45) is 0.888. The number of aliphatic hydroxyl groups excluding tert-OH is 1. The molecule has 0 aromatic carbocycles. The van der Waals surface area contributed by atoms with Crippen LogP contribution in [0.5, 0.6) is 0 Å². The standard InChI is InChI=1S/C7H12O2/c1-4-3-5(8)6-7(4,2)9-6/h4-6,8H,3H2,1-2H3. The fraction of sp³-hybridized carbons (Fsp3) is 1.00. The number of ether oxygens (including phenoxy) is 1. The van der Waals surface area contributed by atoms with E-state index < -0.39 is 0 Å². The van der Waals surface area contributed by atoms with E-state index in [1.54, 1.807) is 0 Å². The molecular weight excluding hydrogens is 116 g/mol. The van der Waals surface area contributed by atoms with E-state index >= 15 is 0 Å². The van der Waals surface area contributed by atoms with Gasteiger partial charge in [-0.1, -0.05) is 6.92 Å². The molecule has 9 heavy (non-hydrogen) atoms. The molecule has 0 bridgehead atoms. The van der Waals surface area contributed by atoms with E-state index in [1.807, 2.05) is 0 Å². The van der Waals surface area contributed by atoms with Crippen molar-refractivity contribution in [3.63, 3.8) is 0 Å². The lowest BCUT2D eigenvalue weighted by molar-refractivity contribution is 0.0911. The molecule has 1 saturated heterocycles. The Kier molecular flexibility index (Phi) is 0.837. The Bertz CT molecular complexity index is 142. The van der Waals surface area contributed by atoms with Crippen molar-refractivity contribution in [1.29, 1.82) is 0 Å². The summed E-state index contributed by atoms with van der Waals surface area (Å²) in [6, 6.07) is 0. The summed E-state index contributed by atoms with van der Waals surface area (Å²) in [6.45, 7) is 4.22. The van der Waals surface area contributed by atoms with Gasteiger partial charge >= 0.3 is 0 Å². The molecule has 0 radical (unpaired) electrons. The van der Waals surface area contributed by atoms with Crippen LogP contribution in [0.25, 0.3) is 0 Å². The van der Waals surface area contributed by atoms with Crippen molar-refractivity contribution in [2.75, 3.05) is 0 Å². The van der Waals surface area contributed by atoms with Crippen molar-refractivity contribution in [2.24, 2.45) is 5.92 Å². The molecule has 0 aromatic rings. The number of rotatable bonds is 0. The second-order valence-corrected chi connectivity index (χ2v) is 3.43. The summed E-state index contributed by atoms with van der Waals surface area (Å²) >= 11 is 0. The van der Waals surface area contributed by atoms with E-state index in [-0.39, 0.29) is 17.8 Å². The molecule has 4 unspecified atom stereocenters. The number of hydrogen-bond donors (Lipinski definition) is 1. The van der Waals surface area contributed by atoms with Gasteiger partial charge in [0.2, 0.25) is 0 Å². The first kappa shape index (κ1) is 5.69. The van der Waals surface area contributed by atoms with Crippen molar-refractivity contribution in [3.05, 3.63) is 0 Å². The Balaban J connectivity index is 2.19. The molecule has 2 nitrogen and oxygen atoms in total. The van der Waals surface area contributed by atoms with E-state index in [4.69, 9.17) is 4.74 Å². The van der Waals surface area contributed by atoms with Gasteiger partial charge in [0, 0.05) is 0 Å². The van der Waals surface area contributed by atoms with Gasteiger partial charge in [0.25, 0.3) is 0 Å². The highest BCUT2D eigenvalue weighted by Crippen LogP contribution is 2.52. The zero-order valence-corrected chi connectivity index (χ0v) is 5.79. The van der Waals surface area contributed by atoms with Gasteiger partial charge in [-0.25, -0.2) is 0 Å². The molecule has 2 rings (SSSR count). The van der Waals surface area contributed by atoms with Crippen LogP contribution in [0.3, 0.4) is 0 Å². The molecule has 4 atom stereocenters. The smallest absolute Gasteiger partial charge is 0.113 e. The van der Waals surface area contributed by atoms with E-state index in [1.165, 1.54) is 0 Å². The molecule has 0 spiro atoms. The monoisotopic (exact) mass is 128 g/mol. The lowest BCUT2D eigenvalue weighted by Crippen LogP contribution is -2.12. The highest BCUT2D eigenvalue weighted by molar-refractivity contribution is 5.12.